The third-order valence-corrected chi connectivity index (χ3v) is 2.42. The predicted octanol–water partition coefficient (Wildman–Crippen LogP) is 1.81. The molecule has 0 saturated heterocycles. The molecule has 0 unspecified atom stereocenters. The predicted molar refractivity (Wildman–Crippen MR) is 75.2 cm³/mol. The number of rotatable bonds is 3. The van der Waals surface area contributed by atoms with Gasteiger partial charge in [0.25, 0.3) is 0 Å². The molecule has 0 aliphatic heterocycles. The number of aromatic hydroxyl groups is 1. The lowest BCUT2D eigenvalue weighted by Gasteiger charge is -2.15. The Bertz CT molecular complexity index is 667. The van der Waals surface area contributed by atoms with Crippen LogP contribution in [0.5, 0.6) is 5.75 Å². The fraction of sp³-hybridized carbons (Fsp3) is 0.250. The number of carbonyl (C=O) groups is 2. The lowest BCUT2D eigenvalue weighted by molar-refractivity contribution is -0.144. The molecule has 1 rings (SSSR count). The van der Waals surface area contributed by atoms with Crippen LogP contribution in [-0.2, 0) is 14.3 Å². The van der Waals surface area contributed by atoms with Crippen LogP contribution in [0.2, 0.25) is 0 Å². The first-order chi connectivity index (χ1) is 10.0. The molecule has 21 heavy (non-hydrogen) atoms. The standard InChI is InChI=1S/C16H14O5/c1-4-5-6-10-14(21-11(2)17)12-8-7-9-13(18)15(12)16(19)20-3/h7-9,14,18H,1-3H3/t14-/m1/s1. The van der Waals surface area contributed by atoms with E-state index in [1.165, 1.54) is 32.2 Å². The van der Waals surface area contributed by atoms with Crippen molar-refractivity contribution in [2.75, 3.05) is 7.11 Å². The van der Waals surface area contributed by atoms with Crippen molar-refractivity contribution in [3.05, 3.63) is 29.3 Å². The van der Waals surface area contributed by atoms with Gasteiger partial charge >= 0.3 is 11.9 Å². The van der Waals surface area contributed by atoms with Crippen molar-refractivity contribution in [3.8, 4) is 29.4 Å². The maximum Gasteiger partial charge on any atom is 0.342 e. The van der Waals surface area contributed by atoms with E-state index in [-0.39, 0.29) is 16.9 Å². The largest absolute Gasteiger partial charge is 0.507 e. The van der Waals surface area contributed by atoms with Gasteiger partial charge in [0.15, 0.2) is 6.10 Å². The molecule has 1 atom stereocenters. The quantitative estimate of drug-likeness (QED) is 0.677. The molecule has 0 fully saturated rings. The van der Waals surface area contributed by atoms with Crippen LogP contribution >= 0.6 is 0 Å². The van der Waals surface area contributed by atoms with E-state index in [1.807, 2.05) is 0 Å². The van der Waals surface area contributed by atoms with Gasteiger partial charge in [-0.3, -0.25) is 4.79 Å². The second-order valence-electron chi connectivity index (χ2n) is 3.87. The molecule has 0 saturated carbocycles. The van der Waals surface area contributed by atoms with Gasteiger partial charge in [-0.2, -0.15) is 0 Å². The van der Waals surface area contributed by atoms with Gasteiger partial charge < -0.3 is 14.6 Å². The minimum absolute atomic E-state index is 0.0926. The van der Waals surface area contributed by atoms with E-state index in [0.717, 1.165) is 0 Å². The summed E-state index contributed by atoms with van der Waals surface area (Å²) in [7, 11) is 1.19. The van der Waals surface area contributed by atoms with Crippen molar-refractivity contribution in [2.45, 2.75) is 20.0 Å². The van der Waals surface area contributed by atoms with E-state index < -0.39 is 18.0 Å². The zero-order chi connectivity index (χ0) is 15.8. The highest BCUT2D eigenvalue weighted by atomic mass is 16.5. The fourth-order valence-corrected chi connectivity index (χ4v) is 1.60. The summed E-state index contributed by atoms with van der Waals surface area (Å²) < 4.78 is 9.70. The molecule has 0 aromatic heterocycles. The number of phenols is 1. The van der Waals surface area contributed by atoms with E-state index in [9.17, 15) is 14.7 Å². The molecule has 5 heteroatoms. The highest BCUT2D eigenvalue weighted by molar-refractivity contribution is 5.94. The number of esters is 2. The highest BCUT2D eigenvalue weighted by Crippen LogP contribution is 2.28. The first-order valence-corrected chi connectivity index (χ1v) is 6.01. The summed E-state index contributed by atoms with van der Waals surface area (Å²) in [5.74, 6) is 8.65. The van der Waals surface area contributed by atoms with Crippen molar-refractivity contribution in [3.63, 3.8) is 0 Å². The lowest BCUT2D eigenvalue weighted by Crippen LogP contribution is -2.13. The summed E-state index contributed by atoms with van der Waals surface area (Å²) in [4.78, 5) is 23.0. The Balaban J connectivity index is 3.39. The Labute approximate surface area is 122 Å². The van der Waals surface area contributed by atoms with E-state index in [2.05, 4.69) is 28.4 Å². The van der Waals surface area contributed by atoms with E-state index in [0.29, 0.717) is 0 Å². The van der Waals surface area contributed by atoms with Crippen LogP contribution in [0.15, 0.2) is 18.2 Å². The lowest BCUT2D eigenvalue weighted by atomic mass is 10.0. The summed E-state index contributed by atoms with van der Waals surface area (Å²) in [6, 6.07) is 4.37. The summed E-state index contributed by atoms with van der Waals surface area (Å²) in [5.41, 5.74) is 0.146. The van der Waals surface area contributed by atoms with Gasteiger partial charge in [-0.25, -0.2) is 4.79 Å². The zero-order valence-electron chi connectivity index (χ0n) is 11.9. The Hall–Kier alpha value is -2.92. The van der Waals surface area contributed by atoms with Crippen molar-refractivity contribution >= 4 is 11.9 Å². The number of carbonyl (C=O) groups excluding carboxylic acids is 2. The van der Waals surface area contributed by atoms with E-state index in [4.69, 9.17) is 4.74 Å². The van der Waals surface area contributed by atoms with Crippen LogP contribution < -0.4 is 0 Å². The third kappa shape index (κ3) is 4.29. The van der Waals surface area contributed by atoms with Crippen LogP contribution in [0.4, 0.5) is 0 Å². The van der Waals surface area contributed by atoms with Crippen LogP contribution in [0, 0.1) is 23.7 Å². The van der Waals surface area contributed by atoms with Crippen molar-refractivity contribution in [1.82, 2.24) is 0 Å². The monoisotopic (exact) mass is 286 g/mol. The first kappa shape index (κ1) is 16.1. The zero-order valence-corrected chi connectivity index (χ0v) is 11.9. The molecule has 0 radical (unpaired) electrons. The third-order valence-electron chi connectivity index (χ3n) is 2.42. The molecule has 5 nitrogen and oxygen atoms in total. The van der Waals surface area contributed by atoms with Gasteiger partial charge in [0.2, 0.25) is 0 Å². The maximum atomic E-state index is 11.8. The van der Waals surface area contributed by atoms with Gasteiger partial charge in [0.05, 0.1) is 7.11 Å². The average Bonchev–Trinajstić information content (AvgIpc) is 2.45. The summed E-state index contributed by atoms with van der Waals surface area (Å²) in [5, 5.41) is 9.83. The van der Waals surface area contributed by atoms with Gasteiger partial charge in [0.1, 0.15) is 11.3 Å². The molecule has 108 valence electrons. The molecule has 1 N–H and O–H groups in total. The molecule has 0 bridgehead atoms. The fourth-order valence-electron chi connectivity index (χ4n) is 1.60. The van der Waals surface area contributed by atoms with Crippen molar-refractivity contribution < 1.29 is 24.2 Å². The summed E-state index contributed by atoms with van der Waals surface area (Å²) in [6.07, 6.45) is -1.02. The average molecular weight is 286 g/mol. The molecular weight excluding hydrogens is 272 g/mol. The number of benzene rings is 1. The van der Waals surface area contributed by atoms with Gasteiger partial charge in [-0.05, 0) is 30.8 Å². The molecular formula is C16H14O5. The highest BCUT2D eigenvalue weighted by Gasteiger charge is 2.23. The van der Waals surface area contributed by atoms with Crippen LogP contribution in [0.1, 0.15) is 35.9 Å². The van der Waals surface area contributed by atoms with Crippen LogP contribution in [0.3, 0.4) is 0 Å². The van der Waals surface area contributed by atoms with Crippen molar-refractivity contribution in [2.24, 2.45) is 0 Å². The Kier molecular flexibility index (Phi) is 5.85. The van der Waals surface area contributed by atoms with Crippen LogP contribution in [-0.4, -0.2) is 24.2 Å². The number of hydrogen-bond donors (Lipinski definition) is 1. The summed E-state index contributed by atoms with van der Waals surface area (Å²) in [6.45, 7) is 2.84. The Morgan fingerprint density at radius 2 is 2.00 bits per heavy atom. The van der Waals surface area contributed by atoms with Gasteiger partial charge in [-0.1, -0.05) is 18.1 Å². The Morgan fingerprint density at radius 1 is 1.29 bits per heavy atom. The SMILES string of the molecule is CC#CC#C[C@@H](OC(C)=O)c1cccc(O)c1C(=O)OC. The normalized spacial score (nSPS) is 10.2. The van der Waals surface area contributed by atoms with Crippen molar-refractivity contribution in [1.29, 1.82) is 0 Å². The second-order valence-corrected chi connectivity index (χ2v) is 3.87. The van der Waals surface area contributed by atoms with Crippen LogP contribution in [0.25, 0.3) is 0 Å². The number of ether oxygens (including phenoxy) is 2. The molecule has 0 amide bonds. The minimum Gasteiger partial charge on any atom is -0.507 e. The summed E-state index contributed by atoms with van der Waals surface area (Å²) >= 11 is 0. The number of hydrogen-bond acceptors (Lipinski definition) is 5. The minimum atomic E-state index is -1.02. The Morgan fingerprint density at radius 3 is 2.57 bits per heavy atom. The first-order valence-electron chi connectivity index (χ1n) is 6.01. The molecule has 0 aliphatic carbocycles. The molecule has 0 spiro atoms. The molecule has 0 aliphatic rings. The smallest absolute Gasteiger partial charge is 0.342 e. The number of methoxy groups -OCH3 is 1. The van der Waals surface area contributed by atoms with Gasteiger partial charge in [0, 0.05) is 12.5 Å². The van der Waals surface area contributed by atoms with E-state index >= 15 is 0 Å². The van der Waals surface area contributed by atoms with E-state index in [1.54, 1.807) is 6.92 Å². The maximum absolute atomic E-state index is 11.8. The second kappa shape index (κ2) is 7.62. The molecule has 0 heterocycles. The van der Waals surface area contributed by atoms with Gasteiger partial charge in [-0.15, -0.1) is 0 Å². The number of phenolic OH excluding ortho intramolecular Hbond substituents is 1. The topological polar surface area (TPSA) is 72.8 Å². The molecule has 1 aromatic rings. The molecule has 1 aromatic carbocycles.